The van der Waals surface area contributed by atoms with E-state index in [1.54, 1.807) is 12.0 Å². The third-order valence-corrected chi connectivity index (χ3v) is 2.68. The summed E-state index contributed by atoms with van der Waals surface area (Å²) in [5.74, 6) is 0.767. The van der Waals surface area contributed by atoms with Crippen molar-refractivity contribution in [2.45, 2.75) is 12.8 Å². The average Bonchev–Trinajstić information content (AvgIpc) is 2.66. The number of carbonyl (C=O) groups is 1. The summed E-state index contributed by atoms with van der Waals surface area (Å²) in [6.45, 7) is 3.35. The zero-order valence-electron chi connectivity index (χ0n) is 9.49. The molecule has 1 atom stereocenters. The van der Waals surface area contributed by atoms with E-state index < -0.39 is 0 Å². The molecule has 0 aromatic rings. The van der Waals surface area contributed by atoms with Gasteiger partial charge in [0.05, 0.1) is 6.61 Å². The molecule has 0 saturated carbocycles. The molecule has 1 heterocycles. The van der Waals surface area contributed by atoms with Gasteiger partial charge >= 0.3 is 0 Å². The molecule has 5 heteroatoms. The van der Waals surface area contributed by atoms with Gasteiger partial charge in [0, 0.05) is 27.1 Å². The summed E-state index contributed by atoms with van der Waals surface area (Å²) >= 11 is 0. The van der Waals surface area contributed by atoms with Gasteiger partial charge in [-0.05, 0) is 25.4 Å². The van der Waals surface area contributed by atoms with E-state index in [0.717, 1.165) is 19.5 Å². The van der Waals surface area contributed by atoms with Crippen molar-refractivity contribution >= 4 is 18.3 Å². The van der Waals surface area contributed by atoms with E-state index in [0.29, 0.717) is 25.5 Å². The third-order valence-electron chi connectivity index (χ3n) is 2.68. The van der Waals surface area contributed by atoms with E-state index in [1.165, 1.54) is 0 Å². The largest absolute Gasteiger partial charge is 0.383 e. The van der Waals surface area contributed by atoms with Crippen LogP contribution in [0.2, 0.25) is 0 Å². The summed E-state index contributed by atoms with van der Waals surface area (Å²) < 4.78 is 4.93. The molecule has 4 nitrogen and oxygen atoms in total. The van der Waals surface area contributed by atoms with E-state index in [-0.39, 0.29) is 18.3 Å². The molecule has 1 amide bonds. The fourth-order valence-corrected chi connectivity index (χ4v) is 1.64. The smallest absolute Gasteiger partial charge is 0.222 e. The highest BCUT2D eigenvalue weighted by Gasteiger charge is 2.19. The number of nitrogens with one attached hydrogen (secondary N) is 1. The van der Waals surface area contributed by atoms with Crippen molar-refractivity contribution in [2.24, 2.45) is 5.92 Å². The highest BCUT2D eigenvalue weighted by molar-refractivity contribution is 5.85. The maximum Gasteiger partial charge on any atom is 0.222 e. The molecule has 0 aromatic carbocycles. The Morgan fingerprint density at radius 3 is 2.87 bits per heavy atom. The zero-order chi connectivity index (χ0) is 10.4. The van der Waals surface area contributed by atoms with Crippen molar-refractivity contribution in [1.29, 1.82) is 0 Å². The van der Waals surface area contributed by atoms with Crippen LogP contribution >= 0.6 is 12.4 Å². The Hall–Kier alpha value is -0.320. The summed E-state index contributed by atoms with van der Waals surface area (Å²) in [6.07, 6.45) is 1.80. The Balaban J connectivity index is 0.00000196. The molecule has 1 saturated heterocycles. The predicted molar refractivity (Wildman–Crippen MR) is 62.4 cm³/mol. The molecule has 1 N–H and O–H groups in total. The number of carbonyl (C=O) groups excluding carboxylic acids is 1. The van der Waals surface area contributed by atoms with Gasteiger partial charge in [-0.1, -0.05) is 0 Å². The molecule has 1 aliphatic heterocycles. The van der Waals surface area contributed by atoms with Gasteiger partial charge < -0.3 is 15.0 Å². The highest BCUT2D eigenvalue weighted by Crippen LogP contribution is 2.13. The number of ether oxygens (including phenoxy) is 1. The summed E-state index contributed by atoms with van der Waals surface area (Å²) in [5.41, 5.74) is 0. The highest BCUT2D eigenvalue weighted by atomic mass is 35.5. The first-order valence-electron chi connectivity index (χ1n) is 5.17. The Bertz CT molecular complexity index is 184. The SMILES string of the molecule is COCCN(C)C(=O)CC1CCNC1.Cl. The van der Waals surface area contributed by atoms with Crippen molar-refractivity contribution in [2.75, 3.05) is 40.4 Å². The summed E-state index contributed by atoms with van der Waals surface area (Å²) in [6, 6.07) is 0. The van der Waals surface area contributed by atoms with Gasteiger partial charge in [-0.15, -0.1) is 12.4 Å². The average molecular weight is 237 g/mol. The molecule has 0 aliphatic carbocycles. The standard InChI is InChI=1S/C10H20N2O2.ClH/c1-12(5-6-14-2)10(13)7-9-3-4-11-8-9;/h9,11H,3-8H2,1-2H3;1H. The third kappa shape index (κ3) is 5.35. The molecule has 0 bridgehead atoms. The van der Waals surface area contributed by atoms with Crippen molar-refractivity contribution in [3.8, 4) is 0 Å². The second-order valence-electron chi connectivity index (χ2n) is 3.87. The minimum atomic E-state index is 0. The lowest BCUT2D eigenvalue weighted by Gasteiger charge is -2.18. The number of amides is 1. The molecule has 0 radical (unpaired) electrons. The molecule has 1 aliphatic rings. The van der Waals surface area contributed by atoms with E-state index in [4.69, 9.17) is 4.74 Å². The molecular formula is C10H21ClN2O2. The van der Waals surface area contributed by atoms with E-state index >= 15 is 0 Å². The fraction of sp³-hybridized carbons (Fsp3) is 0.900. The monoisotopic (exact) mass is 236 g/mol. The van der Waals surface area contributed by atoms with Gasteiger partial charge in [-0.3, -0.25) is 4.79 Å². The summed E-state index contributed by atoms with van der Waals surface area (Å²) in [5, 5.41) is 3.26. The quantitative estimate of drug-likeness (QED) is 0.757. The van der Waals surface area contributed by atoms with Gasteiger partial charge in [0.2, 0.25) is 5.91 Å². The van der Waals surface area contributed by atoms with E-state index in [1.807, 2.05) is 7.05 Å². The number of methoxy groups -OCH3 is 1. The summed E-state index contributed by atoms with van der Waals surface area (Å²) in [4.78, 5) is 13.4. The van der Waals surface area contributed by atoms with Crippen molar-refractivity contribution < 1.29 is 9.53 Å². The van der Waals surface area contributed by atoms with Crippen LogP contribution in [0, 0.1) is 5.92 Å². The topological polar surface area (TPSA) is 41.6 Å². The number of nitrogens with zero attached hydrogens (tertiary/aromatic N) is 1. The van der Waals surface area contributed by atoms with Crippen LogP contribution in [0.5, 0.6) is 0 Å². The van der Waals surface area contributed by atoms with Gasteiger partial charge in [0.15, 0.2) is 0 Å². The van der Waals surface area contributed by atoms with Crippen LogP contribution in [0.15, 0.2) is 0 Å². The molecule has 0 spiro atoms. The lowest BCUT2D eigenvalue weighted by Crippen LogP contribution is -2.31. The van der Waals surface area contributed by atoms with Crippen LogP contribution in [0.25, 0.3) is 0 Å². The van der Waals surface area contributed by atoms with Crippen LogP contribution in [0.4, 0.5) is 0 Å². The van der Waals surface area contributed by atoms with Crippen LogP contribution in [-0.4, -0.2) is 51.2 Å². The zero-order valence-corrected chi connectivity index (χ0v) is 10.3. The lowest BCUT2D eigenvalue weighted by molar-refractivity contribution is -0.131. The van der Waals surface area contributed by atoms with Crippen molar-refractivity contribution in [3.63, 3.8) is 0 Å². The Morgan fingerprint density at radius 1 is 1.60 bits per heavy atom. The Morgan fingerprint density at radius 2 is 2.33 bits per heavy atom. The number of likely N-dealkylation sites (N-methyl/N-ethyl adjacent to an activating group) is 1. The van der Waals surface area contributed by atoms with Gasteiger partial charge in [-0.25, -0.2) is 0 Å². The Labute approximate surface area is 97.8 Å². The molecule has 15 heavy (non-hydrogen) atoms. The van der Waals surface area contributed by atoms with Crippen LogP contribution in [0.1, 0.15) is 12.8 Å². The molecule has 90 valence electrons. The molecule has 1 unspecified atom stereocenters. The van der Waals surface area contributed by atoms with Gasteiger partial charge in [0.25, 0.3) is 0 Å². The lowest BCUT2D eigenvalue weighted by atomic mass is 10.0. The van der Waals surface area contributed by atoms with Crippen LogP contribution < -0.4 is 5.32 Å². The van der Waals surface area contributed by atoms with E-state index in [9.17, 15) is 4.79 Å². The van der Waals surface area contributed by atoms with Crippen LogP contribution in [-0.2, 0) is 9.53 Å². The van der Waals surface area contributed by atoms with Gasteiger partial charge in [0.1, 0.15) is 0 Å². The molecule has 1 fully saturated rings. The van der Waals surface area contributed by atoms with Crippen molar-refractivity contribution in [1.82, 2.24) is 10.2 Å². The van der Waals surface area contributed by atoms with Crippen LogP contribution in [0.3, 0.4) is 0 Å². The maximum absolute atomic E-state index is 11.6. The Kier molecular flexibility index (Phi) is 7.74. The number of hydrogen-bond acceptors (Lipinski definition) is 3. The fourth-order valence-electron chi connectivity index (χ4n) is 1.64. The maximum atomic E-state index is 11.6. The number of hydrogen-bond donors (Lipinski definition) is 1. The predicted octanol–water partition coefficient (Wildman–Crippen LogP) is 0.513. The molecular weight excluding hydrogens is 216 g/mol. The molecule has 1 rings (SSSR count). The second kappa shape index (κ2) is 7.91. The first-order chi connectivity index (χ1) is 6.74. The first kappa shape index (κ1) is 14.7. The molecule has 0 aromatic heterocycles. The summed E-state index contributed by atoms with van der Waals surface area (Å²) in [7, 11) is 3.49. The second-order valence-corrected chi connectivity index (χ2v) is 3.87. The normalized spacial score (nSPS) is 19.7. The van der Waals surface area contributed by atoms with Crippen molar-refractivity contribution in [3.05, 3.63) is 0 Å². The first-order valence-corrected chi connectivity index (χ1v) is 5.17. The minimum absolute atomic E-state index is 0. The van der Waals surface area contributed by atoms with E-state index in [2.05, 4.69) is 5.32 Å². The number of rotatable bonds is 5. The number of halogens is 1. The van der Waals surface area contributed by atoms with Gasteiger partial charge in [-0.2, -0.15) is 0 Å². The minimum Gasteiger partial charge on any atom is -0.383 e.